The van der Waals surface area contributed by atoms with E-state index in [1.807, 2.05) is 0 Å². The van der Waals surface area contributed by atoms with Crippen LogP contribution in [0.5, 0.6) is 0 Å². The Bertz CT molecular complexity index is 177. The number of hydrogen-bond acceptors (Lipinski definition) is 2. The van der Waals surface area contributed by atoms with Gasteiger partial charge >= 0.3 is 0 Å². The van der Waals surface area contributed by atoms with Gasteiger partial charge in [-0.2, -0.15) is 0 Å². The molecule has 0 amide bonds. The smallest absolute Gasteiger partial charge is 0.000966 e. The molecule has 1 saturated carbocycles. The zero-order valence-electron chi connectivity index (χ0n) is 10.7. The Hall–Kier alpha value is -0.0800. The molecule has 1 heterocycles. The summed E-state index contributed by atoms with van der Waals surface area (Å²) in [5.41, 5.74) is 5.74. The van der Waals surface area contributed by atoms with Crippen LogP contribution in [0.4, 0.5) is 0 Å². The lowest BCUT2D eigenvalue weighted by molar-refractivity contribution is 0.186. The van der Waals surface area contributed by atoms with Crippen molar-refractivity contribution in [1.82, 2.24) is 4.90 Å². The van der Waals surface area contributed by atoms with E-state index in [1.54, 1.807) is 0 Å². The molecule has 0 aromatic rings. The molecule has 2 rings (SSSR count). The molecule has 0 unspecified atom stereocenters. The molecule has 94 valence electrons. The van der Waals surface area contributed by atoms with Gasteiger partial charge in [0, 0.05) is 6.54 Å². The van der Waals surface area contributed by atoms with E-state index in [0.717, 1.165) is 18.4 Å². The van der Waals surface area contributed by atoms with E-state index < -0.39 is 0 Å². The van der Waals surface area contributed by atoms with E-state index in [4.69, 9.17) is 5.73 Å². The topological polar surface area (TPSA) is 29.3 Å². The minimum atomic E-state index is 0.834. The van der Waals surface area contributed by atoms with Crippen LogP contribution in [0.2, 0.25) is 0 Å². The minimum absolute atomic E-state index is 0.834. The van der Waals surface area contributed by atoms with Gasteiger partial charge in [-0.3, -0.25) is 0 Å². The molecule has 0 aromatic carbocycles. The zero-order chi connectivity index (χ0) is 11.2. The summed E-state index contributed by atoms with van der Waals surface area (Å²) in [4.78, 5) is 2.72. The van der Waals surface area contributed by atoms with Crippen molar-refractivity contribution in [3.8, 4) is 0 Å². The number of likely N-dealkylation sites (tertiary alicyclic amines) is 1. The summed E-state index contributed by atoms with van der Waals surface area (Å²) in [5, 5.41) is 0. The van der Waals surface area contributed by atoms with E-state index in [0.29, 0.717) is 0 Å². The third-order valence-corrected chi connectivity index (χ3v) is 4.51. The van der Waals surface area contributed by atoms with Gasteiger partial charge in [0.25, 0.3) is 0 Å². The predicted molar refractivity (Wildman–Crippen MR) is 69.4 cm³/mol. The summed E-state index contributed by atoms with van der Waals surface area (Å²) >= 11 is 0. The van der Waals surface area contributed by atoms with Crippen molar-refractivity contribution in [2.75, 3.05) is 26.2 Å². The van der Waals surface area contributed by atoms with Crippen molar-refractivity contribution in [3.05, 3.63) is 0 Å². The highest BCUT2D eigenvalue weighted by Crippen LogP contribution is 2.29. The Morgan fingerprint density at radius 1 is 0.812 bits per heavy atom. The summed E-state index contributed by atoms with van der Waals surface area (Å²) in [6, 6.07) is 0. The van der Waals surface area contributed by atoms with E-state index in [1.165, 1.54) is 71.0 Å². The highest BCUT2D eigenvalue weighted by atomic mass is 15.1. The number of hydrogen-bond donors (Lipinski definition) is 1. The highest BCUT2D eigenvalue weighted by Gasteiger charge is 2.22. The predicted octanol–water partition coefficient (Wildman–Crippen LogP) is 2.63. The first-order valence-electron chi connectivity index (χ1n) is 7.31. The van der Waals surface area contributed by atoms with Gasteiger partial charge in [-0.05, 0) is 70.0 Å². The molecule has 1 aliphatic heterocycles. The Morgan fingerprint density at radius 2 is 1.38 bits per heavy atom. The molecule has 0 aromatic heterocycles. The lowest BCUT2D eigenvalue weighted by atomic mass is 9.82. The maximum Gasteiger partial charge on any atom is 0.000966 e. The summed E-state index contributed by atoms with van der Waals surface area (Å²) in [7, 11) is 0. The van der Waals surface area contributed by atoms with Crippen molar-refractivity contribution < 1.29 is 0 Å². The molecule has 2 fully saturated rings. The van der Waals surface area contributed by atoms with Crippen LogP contribution in [0.3, 0.4) is 0 Å². The normalized spacial score (nSPS) is 33.6. The van der Waals surface area contributed by atoms with Crippen molar-refractivity contribution in [3.63, 3.8) is 0 Å². The molecular formula is C14H28N2. The van der Waals surface area contributed by atoms with E-state index in [9.17, 15) is 0 Å². The van der Waals surface area contributed by atoms with Crippen molar-refractivity contribution in [2.24, 2.45) is 17.6 Å². The average molecular weight is 224 g/mol. The summed E-state index contributed by atoms with van der Waals surface area (Å²) in [5.74, 6) is 1.81. The monoisotopic (exact) mass is 224 g/mol. The fourth-order valence-corrected chi connectivity index (χ4v) is 3.33. The molecule has 2 heteroatoms. The van der Waals surface area contributed by atoms with Gasteiger partial charge in [0.2, 0.25) is 0 Å². The van der Waals surface area contributed by atoms with Gasteiger partial charge < -0.3 is 10.6 Å². The van der Waals surface area contributed by atoms with Crippen LogP contribution in [0, 0.1) is 11.8 Å². The second kappa shape index (κ2) is 6.61. The largest absolute Gasteiger partial charge is 0.330 e. The van der Waals surface area contributed by atoms with Crippen LogP contribution < -0.4 is 5.73 Å². The fraction of sp³-hybridized carbons (Fsp3) is 1.00. The molecular weight excluding hydrogens is 196 g/mol. The van der Waals surface area contributed by atoms with Crippen LogP contribution in [-0.4, -0.2) is 31.1 Å². The third kappa shape index (κ3) is 3.74. The third-order valence-electron chi connectivity index (χ3n) is 4.51. The van der Waals surface area contributed by atoms with Gasteiger partial charge in [0.1, 0.15) is 0 Å². The quantitative estimate of drug-likeness (QED) is 0.798. The Balaban J connectivity index is 1.69. The van der Waals surface area contributed by atoms with Gasteiger partial charge in [0.15, 0.2) is 0 Å². The second-order valence-electron chi connectivity index (χ2n) is 5.84. The SMILES string of the molecule is NCC1CCC(CN2CCCCCC2)CC1. The fourth-order valence-electron chi connectivity index (χ4n) is 3.33. The number of rotatable bonds is 3. The van der Waals surface area contributed by atoms with E-state index in [-0.39, 0.29) is 0 Å². The summed E-state index contributed by atoms with van der Waals surface area (Å²) in [6.07, 6.45) is 11.4. The molecule has 2 N–H and O–H groups in total. The summed E-state index contributed by atoms with van der Waals surface area (Å²) in [6.45, 7) is 5.00. The van der Waals surface area contributed by atoms with Crippen molar-refractivity contribution >= 4 is 0 Å². The lowest BCUT2D eigenvalue weighted by Crippen LogP contribution is -2.33. The molecule has 2 nitrogen and oxygen atoms in total. The standard InChI is InChI=1S/C14H28N2/c15-11-13-5-7-14(8-6-13)12-16-9-3-1-2-4-10-16/h13-14H,1-12,15H2. The average Bonchev–Trinajstić information content (AvgIpc) is 2.59. The zero-order valence-corrected chi connectivity index (χ0v) is 10.7. The molecule has 0 atom stereocenters. The Labute approximate surface area is 101 Å². The Morgan fingerprint density at radius 3 is 1.94 bits per heavy atom. The molecule has 16 heavy (non-hydrogen) atoms. The van der Waals surface area contributed by atoms with E-state index in [2.05, 4.69) is 4.90 Å². The minimum Gasteiger partial charge on any atom is -0.330 e. The van der Waals surface area contributed by atoms with Crippen LogP contribution in [0.25, 0.3) is 0 Å². The number of nitrogens with zero attached hydrogens (tertiary/aromatic N) is 1. The van der Waals surface area contributed by atoms with Crippen molar-refractivity contribution in [1.29, 1.82) is 0 Å². The molecule has 1 aliphatic carbocycles. The van der Waals surface area contributed by atoms with Crippen LogP contribution in [0.15, 0.2) is 0 Å². The second-order valence-corrected chi connectivity index (χ2v) is 5.84. The van der Waals surface area contributed by atoms with Gasteiger partial charge in [-0.1, -0.05) is 12.8 Å². The van der Waals surface area contributed by atoms with Crippen LogP contribution in [-0.2, 0) is 0 Å². The molecule has 2 aliphatic rings. The molecule has 0 radical (unpaired) electrons. The first kappa shape index (κ1) is 12.4. The maximum atomic E-state index is 5.74. The maximum absolute atomic E-state index is 5.74. The molecule has 0 spiro atoms. The van der Waals surface area contributed by atoms with Crippen LogP contribution in [0.1, 0.15) is 51.4 Å². The van der Waals surface area contributed by atoms with Crippen LogP contribution >= 0.6 is 0 Å². The lowest BCUT2D eigenvalue weighted by Gasteiger charge is -2.31. The van der Waals surface area contributed by atoms with Gasteiger partial charge in [-0.15, -0.1) is 0 Å². The van der Waals surface area contributed by atoms with Gasteiger partial charge in [0.05, 0.1) is 0 Å². The molecule has 0 bridgehead atoms. The molecule has 1 saturated heterocycles. The van der Waals surface area contributed by atoms with E-state index >= 15 is 0 Å². The van der Waals surface area contributed by atoms with Gasteiger partial charge in [-0.25, -0.2) is 0 Å². The highest BCUT2D eigenvalue weighted by molar-refractivity contribution is 4.76. The Kier molecular flexibility index (Phi) is 5.11. The number of nitrogens with two attached hydrogens (primary N) is 1. The first-order valence-corrected chi connectivity index (χ1v) is 7.31. The first-order chi connectivity index (χ1) is 7.88. The summed E-state index contributed by atoms with van der Waals surface area (Å²) < 4.78 is 0. The van der Waals surface area contributed by atoms with Crippen molar-refractivity contribution in [2.45, 2.75) is 51.4 Å².